The highest BCUT2D eigenvalue weighted by atomic mass is 19.1. The van der Waals surface area contributed by atoms with Gasteiger partial charge in [0, 0.05) is 32.2 Å². The van der Waals surface area contributed by atoms with Crippen molar-refractivity contribution in [3.8, 4) is 0 Å². The number of aliphatic hydroxyl groups is 2. The fourth-order valence-electron chi connectivity index (χ4n) is 2.92. The van der Waals surface area contributed by atoms with Gasteiger partial charge >= 0.3 is 0 Å². The molecular formula is C19H24FN5O2. The number of hydrogen-bond donors (Lipinski definition) is 4. The maximum atomic E-state index is 13.1. The first-order chi connectivity index (χ1) is 13.2. The lowest BCUT2D eigenvalue weighted by molar-refractivity contribution is 0.311. The van der Waals surface area contributed by atoms with Gasteiger partial charge in [0.05, 0.1) is 13.2 Å². The van der Waals surface area contributed by atoms with Crippen LogP contribution in [0.25, 0.3) is 5.57 Å². The lowest BCUT2D eigenvalue weighted by Gasteiger charge is -2.28. The molecule has 0 radical (unpaired) electrons. The second-order valence-electron chi connectivity index (χ2n) is 6.17. The first-order valence-corrected chi connectivity index (χ1v) is 8.98. The summed E-state index contributed by atoms with van der Waals surface area (Å²) in [7, 11) is 0. The lowest BCUT2D eigenvalue weighted by atomic mass is 9.99. The summed E-state index contributed by atoms with van der Waals surface area (Å²) in [4.78, 5) is 11.0. The predicted molar refractivity (Wildman–Crippen MR) is 104 cm³/mol. The molecule has 27 heavy (non-hydrogen) atoms. The van der Waals surface area contributed by atoms with E-state index in [0.717, 1.165) is 24.3 Å². The van der Waals surface area contributed by atoms with Gasteiger partial charge in [-0.2, -0.15) is 9.97 Å². The Morgan fingerprint density at radius 3 is 2.44 bits per heavy atom. The highest BCUT2D eigenvalue weighted by Gasteiger charge is 2.16. The Bertz CT molecular complexity index is 756. The van der Waals surface area contributed by atoms with Crippen molar-refractivity contribution in [2.45, 2.75) is 6.42 Å². The van der Waals surface area contributed by atoms with Crippen molar-refractivity contribution in [2.24, 2.45) is 0 Å². The van der Waals surface area contributed by atoms with Crippen LogP contribution in [0, 0.1) is 5.82 Å². The van der Waals surface area contributed by atoms with Crippen LogP contribution in [-0.2, 0) is 0 Å². The number of benzene rings is 1. The second kappa shape index (κ2) is 9.29. The van der Waals surface area contributed by atoms with E-state index in [4.69, 9.17) is 10.2 Å². The van der Waals surface area contributed by atoms with Gasteiger partial charge in [-0.25, -0.2) is 4.39 Å². The zero-order valence-corrected chi connectivity index (χ0v) is 15.0. The quantitative estimate of drug-likeness (QED) is 0.560. The molecule has 0 unspecified atom stereocenters. The highest BCUT2D eigenvalue weighted by molar-refractivity contribution is 5.68. The zero-order chi connectivity index (χ0) is 19.1. The highest BCUT2D eigenvalue weighted by Crippen LogP contribution is 2.26. The van der Waals surface area contributed by atoms with Gasteiger partial charge in [-0.15, -0.1) is 0 Å². The Morgan fingerprint density at radius 1 is 1.04 bits per heavy atom. The number of aromatic nitrogens is 2. The van der Waals surface area contributed by atoms with Crippen molar-refractivity contribution < 1.29 is 14.6 Å². The van der Waals surface area contributed by atoms with Crippen LogP contribution in [0.15, 0.2) is 36.4 Å². The number of hydrogen-bond acceptors (Lipinski definition) is 7. The molecule has 2 aromatic rings. The third kappa shape index (κ3) is 5.15. The molecule has 1 aromatic carbocycles. The van der Waals surface area contributed by atoms with Crippen molar-refractivity contribution >= 4 is 23.2 Å². The van der Waals surface area contributed by atoms with Gasteiger partial charge in [0.15, 0.2) is 0 Å². The maximum absolute atomic E-state index is 13.1. The fraction of sp³-hybridized carbons (Fsp3) is 0.368. The van der Waals surface area contributed by atoms with Crippen molar-refractivity contribution in [1.29, 1.82) is 0 Å². The van der Waals surface area contributed by atoms with Gasteiger partial charge in [-0.05, 0) is 29.7 Å². The van der Waals surface area contributed by atoms with Crippen LogP contribution in [0.2, 0.25) is 0 Å². The van der Waals surface area contributed by atoms with E-state index in [1.54, 1.807) is 12.1 Å². The normalized spacial score (nSPS) is 14.0. The summed E-state index contributed by atoms with van der Waals surface area (Å²) < 4.78 is 13.1. The molecule has 0 bridgehead atoms. The van der Waals surface area contributed by atoms with Crippen LogP contribution >= 0.6 is 0 Å². The van der Waals surface area contributed by atoms with Crippen molar-refractivity contribution in [1.82, 2.24) is 9.97 Å². The van der Waals surface area contributed by atoms with E-state index in [2.05, 4.69) is 31.6 Å². The largest absolute Gasteiger partial charge is 0.395 e. The van der Waals surface area contributed by atoms with Crippen molar-refractivity contribution in [3.63, 3.8) is 0 Å². The number of halogens is 1. The average Bonchev–Trinajstić information content (AvgIpc) is 2.71. The molecule has 144 valence electrons. The van der Waals surface area contributed by atoms with Gasteiger partial charge in [0.1, 0.15) is 17.5 Å². The molecule has 0 aliphatic carbocycles. The maximum Gasteiger partial charge on any atom is 0.226 e. The number of nitrogens with zero attached hydrogens (tertiary/aromatic N) is 3. The summed E-state index contributed by atoms with van der Waals surface area (Å²) in [6, 6.07) is 8.40. The van der Waals surface area contributed by atoms with E-state index in [9.17, 15) is 4.39 Å². The molecule has 0 atom stereocenters. The first kappa shape index (κ1) is 19.1. The molecule has 1 aromatic heterocycles. The summed E-state index contributed by atoms with van der Waals surface area (Å²) >= 11 is 0. The van der Waals surface area contributed by atoms with Crippen LogP contribution in [0.3, 0.4) is 0 Å². The summed E-state index contributed by atoms with van der Waals surface area (Å²) in [5.74, 6) is 1.57. The third-order valence-corrected chi connectivity index (χ3v) is 4.27. The van der Waals surface area contributed by atoms with Crippen molar-refractivity contribution in [3.05, 3.63) is 47.8 Å². The summed E-state index contributed by atoms with van der Waals surface area (Å²) in [5, 5.41) is 24.0. The van der Waals surface area contributed by atoms with Crippen LogP contribution in [0.5, 0.6) is 0 Å². The molecule has 2 heterocycles. The summed E-state index contributed by atoms with van der Waals surface area (Å²) in [6.45, 7) is 2.20. The number of rotatable bonds is 8. The van der Waals surface area contributed by atoms with Crippen LogP contribution in [0.4, 0.5) is 22.0 Å². The van der Waals surface area contributed by atoms with Crippen LogP contribution in [-0.4, -0.2) is 59.6 Å². The van der Waals surface area contributed by atoms with E-state index in [-0.39, 0.29) is 19.0 Å². The smallest absolute Gasteiger partial charge is 0.226 e. The molecule has 0 saturated carbocycles. The summed E-state index contributed by atoms with van der Waals surface area (Å²) in [5.41, 5.74) is 2.23. The van der Waals surface area contributed by atoms with Gasteiger partial charge in [0.2, 0.25) is 5.95 Å². The first-order valence-electron chi connectivity index (χ1n) is 8.98. The Morgan fingerprint density at radius 2 is 1.78 bits per heavy atom. The standard InChI is InChI=1S/C19H24FN5O2/c20-16-3-1-14(2-4-16)15-5-9-25(10-6-15)18-13-17(21-7-11-26)23-19(24-18)22-8-12-27/h1-5,13,26-27H,6-12H2,(H2,21,22,23,24). The molecular weight excluding hydrogens is 349 g/mol. The van der Waals surface area contributed by atoms with Gasteiger partial charge in [-0.1, -0.05) is 18.2 Å². The molecule has 1 aliphatic rings. The zero-order valence-electron chi connectivity index (χ0n) is 15.0. The Hall–Kier alpha value is -2.71. The Balaban J connectivity index is 1.76. The molecule has 0 amide bonds. The topological polar surface area (TPSA) is 93.5 Å². The molecule has 0 spiro atoms. The monoisotopic (exact) mass is 373 g/mol. The third-order valence-electron chi connectivity index (χ3n) is 4.27. The minimum Gasteiger partial charge on any atom is -0.395 e. The second-order valence-corrected chi connectivity index (χ2v) is 6.17. The molecule has 7 nitrogen and oxygen atoms in total. The SMILES string of the molecule is OCCNc1cc(N2CC=C(c3ccc(F)cc3)CC2)nc(NCCO)n1. The number of anilines is 3. The van der Waals surface area contributed by atoms with Gasteiger partial charge in [-0.3, -0.25) is 0 Å². The Labute approximate surface area is 157 Å². The van der Waals surface area contributed by atoms with E-state index >= 15 is 0 Å². The minimum absolute atomic E-state index is 0.00617. The predicted octanol–water partition coefficient (Wildman–Crippen LogP) is 1.72. The summed E-state index contributed by atoms with van der Waals surface area (Å²) in [6.07, 6.45) is 2.95. The average molecular weight is 373 g/mol. The molecule has 8 heteroatoms. The number of nitrogens with one attached hydrogen (secondary N) is 2. The molecule has 4 N–H and O–H groups in total. The van der Waals surface area contributed by atoms with Crippen molar-refractivity contribution in [2.75, 3.05) is 54.9 Å². The van der Waals surface area contributed by atoms with E-state index in [0.29, 0.717) is 31.4 Å². The van der Waals surface area contributed by atoms with E-state index in [1.165, 1.54) is 17.7 Å². The minimum atomic E-state index is -0.233. The molecule has 0 saturated heterocycles. The molecule has 3 rings (SSSR count). The fourth-order valence-corrected chi connectivity index (χ4v) is 2.92. The van der Waals surface area contributed by atoms with E-state index < -0.39 is 0 Å². The Kier molecular flexibility index (Phi) is 6.56. The van der Waals surface area contributed by atoms with Gasteiger partial charge < -0.3 is 25.7 Å². The molecule has 1 aliphatic heterocycles. The van der Waals surface area contributed by atoms with Crippen LogP contribution in [0.1, 0.15) is 12.0 Å². The van der Waals surface area contributed by atoms with Crippen LogP contribution < -0.4 is 15.5 Å². The lowest BCUT2D eigenvalue weighted by Crippen LogP contribution is -2.29. The number of aliphatic hydroxyl groups excluding tert-OH is 2. The molecule has 0 fully saturated rings. The van der Waals surface area contributed by atoms with Gasteiger partial charge in [0.25, 0.3) is 0 Å². The van der Waals surface area contributed by atoms with E-state index in [1.807, 2.05) is 6.07 Å².